The van der Waals surface area contributed by atoms with E-state index >= 15 is 0 Å². The summed E-state index contributed by atoms with van der Waals surface area (Å²) >= 11 is 0. The van der Waals surface area contributed by atoms with Gasteiger partial charge in [-0.1, -0.05) is 17.7 Å². The van der Waals surface area contributed by atoms with Gasteiger partial charge in [0, 0.05) is 18.8 Å². The Hall–Kier alpha value is -2.17. The van der Waals surface area contributed by atoms with Crippen molar-refractivity contribution in [3.8, 4) is 0 Å². The topological polar surface area (TPSA) is 53.9 Å². The van der Waals surface area contributed by atoms with Gasteiger partial charge in [0.1, 0.15) is 0 Å². The van der Waals surface area contributed by atoms with Crippen LogP contribution in [0.5, 0.6) is 0 Å². The quantitative estimate of drug-likeness (QED) is 0.928. The minimum absolute atomic E-state index is 0.553. The highest BCUT2D eigenvalue weighted by molar-refractivity contribution is 5.54. The van der Waals surface area contributed by atoms with E-state index in [2.05, 4.69) is 44.5 Å². The number of benzene rings is 1. The van der Waals surface area contributed by atoms with Crippen LogP contribution in [0.3, 0.4) is 0 Å². The maximum atomic E-state index is 4.56. The third-order valence-electron chi connectivity index (χ3n) is 3.53. The Balaban J connectivity index is 1.75. The van der Waals surface area contributed by atoms with Crippen LogP contribution in [0.1, 0.15) is 24.8 Å². The molecule has 0 bridgehead atoms. The molecule has 20 heavy (non-hydrogen) atoms. The Kier molecular flexibility index (Phi) is 3.76. The molecule has 1 fully saturated rings. The Bertz CT molecular complexity index is 561. The Morgan fingerprint density at radius 2 is 1.80 bits per heavy atom. The number of piperidine rings is 1. The van der Waals surface area contributed by atoms with E-state index in [-0.39, 0.29) is 0 Å². The maximum Gasteiger partial charge on any atom is 0.249 e. The zero-order chi connectivity index (χ0) is 13.8. The lowest BCUT2D eigenvalue weighted by Gasteiger charge is -2.27. The zero-order valence-electron chi connectivity index (χ0n) is 11.7. The summed E-state index contributed by atoms with van der Waals surface area (Å²) in [6.07, 6.45) is 5.50. The molecule has 5 nitrogen and oxygen atoms in total. The van der Waals surface area contributed by atoms with Gasteiger partial charge in [-0.2, -0.15) is 10.1 Å². The van der Waals surface area contributed by atoms with Crippen molar-refractivity contribution in [2.45, 2.75) is 26.2 Å². The second kappa shape index (κ2) is 5.86. The first-order valence-electron chi connectivity index (χ1n) is 7.10. The molecule has 0 atom stereocenters. The molecule has 2 heterocycles. The summed E-state index contributed by atoms with van der Waals surface area (Å²) in [4.78, 5) is 6.83. The zero-order valence-corrected chi connectivity index (χ0v) is 11.7. The molecule has 1 aliphatic heterocycles. The van der Waals surface area contributed by atoms with E-state index in [1.54, 1.807) is 6.20 Å². The van der Waals surface area contributed by atoms with Gasteiger partial charge in [-0.25, -0.2) is 0 Å². The second-order valence-electron chi connectivity index (χ2n) is 5.18. The molecule has 1 aliphatic rings. The average Bonchev–Trinajstić information content (AvgIpc) is 2.51. The number of hydrogen-bond donors (Lipinski definition) is 1. The van der Waals surface area contributed by atoms with E-state index in [9.17, 15) is 0 Å². The molecule has 0 saturated carbocycles. The van der Waals surface area contributed by atoms with Crippen molar-refractivity contribution < 1.29 is 0 Å². The Morgan fingerprint density at radius 3 is 2.55 bits per heavy atom. The number of nitrogens with zero attached hydrogens (tertiary/aromatic N) is 4. The van der Waals surface area contributed by atoms with Crippen LogP contribution in [-0.4, -0.2) is 28.3 Å². The number of aromatic nitrogens is 3. The molecular formula is C15H19N5. The fraction of sp³-hybridized carbons (Fsp3) is 0.400. The molecule has 1 aromatic heterocycles. The van der Waals surface area contributed by atoms with Gasteiger partial charge in [-0.15, -0.1) is 5.10 Å². The van der Waals surface area contributed by atoms with Gasteiger partial charge in [0.2, 0.25) is 5.95 Å². The third kappa shape index (κ3) is 3.04. The van der Waals surface area contributed by atoms with Crippen LogP contribution in [0.25, 0.3) is 0 Å². The number of aryl methyl sites for hydroxylation is 1. The highest BCUT2D eigenvalue weighted by atomic mass is 15.3. The summed E-state index contributed by atoms with van der Waals surface area (Å²) in [5.74, 6) is 1.46. The van der Waals surface area contributed by atoms with Gasteiger partial charge < -0.3 is 10.2 Å². The highest BCUT2D eigenvalue weighted by Gasteiger charge is 2.13. The second-order valence-corrected chi connectivity index (χ2v) is 5.18. The fourth-order valence-corrected chi connectivity index (χ4v) is 2.39. The lowest BCUT2D eigenvalue weighted by atomic mass is 10.1. The molecule has 1 aromatic carbocycles. The number of hydrogen-bond acceptors (Lipinski definition) is 5. The molecule has 5 heteroatoms. The van der Waals surface area contributed by atoms with Crippen molar-refractivity contribution in [1.29, 1.82) is 0 Å². The minimum atomic E-state index is 0.553. The third-order valence-corrected chi connectivity index (χ3v) is 3.53. The van der Waals surface area contributed by atoms with E-state index in [0.29, 0.717) is 5.95 Å². The van der Waals surface area contributed by atoms with Crippen LogP contribution in [0.15, 0.2) is 30.5 Å². The fourth-order valence-electron chi connectivity index (χ4n) is 2.39. The number of anilines is 3. The van der Waals surface area contributed by atoms with Crippen molar-refractivity contribution in [1.82, 2.24) is 15.2 Å². The Morgan fingerprint density at radius 1 is 1.05 bits per heavy atom. The first kappa shape index (κ1) is 12.8. The molecule has 104 valence electrons. The molecule has 0 amide bonds. The Labute approximate surface area is 119 Å². The summed E-state index contributed by atoms with van der Waals surface area (Å²) in [5, 5.41) is 11.3. The molecule has 1 saturated heterocycles. The SMILES string of the molecule is Cc1ccc(Nc2nncc(N3CCCCC3)n2)cc1. The molecule has 3 rings (SSSR count). The van der Waals surface area contributed by atoms with E-state index in [0.717, 1.165) is 24.6 Å². The molecule has 2 aromatic rings. The first-order chi connectivity index (χ1) is 9.81. The maximum absolute atomic E-state index is 4.56. The van der Waals surface area contributed by atoms with Gasteiger partial charge in [0.15, 0.2) is 5.82 Å². The normalized spacial score (nSPS) is 15.2. The van der Waals surface area contributed by atoms with E-state index in [1.807, 2.05) is 12.1 Å². The van der Waals surface area contributed by atoms with E-state index in [1.165, 1.54) is 24.8 Å². The summed E-state index contributed by atoms with van der Waals surface area (Å²) in [6.45, 7) is 4.18. The molecule has 0 radical (unpaired) electrons. The van der Waals surface area contributed by atoms with Crippen LogP contribution in [0.2, 0.25) is 0 Å². The summed E-state index contributed by atoms with van der Waals surface area (Å²) in [7, 11) is 0. The van der Waals surface area contributed by atoms with Crippen LogP contribution >= 0.6 is 0 Å². The smallest absolute Gasteiger partial charge is 0.249 e. The molecule has 0 unspecified atom stereocenters. The summed E-state index contributed by atoms with van der Waals surface area (Å²) < 4.78 is 0. The average molecular weight is 269 g/mol. The van der Waals surface area contributed by atoms with Gasteiger partial charge >= 0.3 is 0 Å². The van der Waals surface area contributed by atoms with Crippen molar-refractivity contribution >= 4 is 17.5 Å². The van der Waals surface area contributed by atoms with Gasteiger partial charge in [-0.3, -0.25) is 0 Å². The summed E-state index contributed by atoms with van der Waals surface area (Å²) in [5.41, 5.74) is 2.21. The lowest BCUT2D eigenvalue weighted by Crippen LogP contribution is -2.30. The van der Waals surface area contributed by atoms with Crippen LogP contribution in [0, 0.1) is 6.92 Å². The van der Waals surface area contributed by atoms with Crippen LogP contribution in [0.4, 0.5) is 17.5 Å². The number of nitrogens with one attached hydrogen (secondary N) is 1. The standard InChI is InChI=1S/C15H19N5/c1-12-5-7-13(8-6-12)17-15-18-14(11-16-19-15)20-9-3-2-4-10-20/h5-8,11H,2-4,9-10H2,1H3,(H,17,18,19). The van der Waals surface area contributed by atoms with Gasteiger partial charge in [-0.05, 0) is 38.3 Å². The summed E-state index contributed by atoms with van der Waals surface area (Å²) in [6, 6.07) is 8.16. The highest BCUT2D eigenvalue weighted by Crippen LogP contribution is 2.19. The molecular weight excluding hydrogens is 250 g/mol. The van der Waals surface area contributed by atoms with E-state index in [4.69, 9.17) is 0 Å². The van der Waals surface area contributed by atoms with Crippen molar-refractivity contribution in [2.24, 2.45) is 0 Å². The number of rotatable bonds is 3. The monoisotopic (exact) mass is 269 g/mol. The lowest BCUT2D eigenvalue weighted by molar-refractivity contribution is 0.572. The minimum Gasteiger partial charge on any atom is -0.355 e. The predicted octanol–water partition coefficient (Wildman–Crippen LogP) is 2.91. The van der Waals surface area contributed by atoms with Crippen LogP contribution in [-0.2, 0) is 0 Å². The van der Waals surface area contributed by atoms with Crippen LogP contribution < -0.4 is 10.2 Å². The predicted molar refractivity (Wildman–Crippen MR) is 80.4 cm³/mol. The van der Waals surface area contributed by atoms with Gasteiger partial charge in [0.25, 0.3) is 0 Å². The molecule has 0 aliphatic carbocycles. The van der Waals surface area contributed by atoms with Gasteiger partial charge in [0.05, 0.1) is 6.20 Å². The molecule has 1 N–H and O–H groups in total. The first-order valence-corrected chi connectivity index (χ1v) is 7.10. The van der Waals surface area contributed by atoms with Crippen molar-refractivity contribution in [3.63, 3.8) is 0 Å². The van der Waals surface area contributed by atoms with Crippen molar-refractivity contribution in [2.75, 3.05) is 23.3 Å². The van der Waals surface area contributed by atoms with E-state index < -0.39 is 0 Å². The largest absolute Gasteiger partial charge is 0.355 e. The van der Waals surface area contributed by atoms with Crippen molar-refractivity contribution in [3.05, 3.63) is 36.0 Å². The molecule has 0 spiro atoms.